The number of carboxylic acid groups (broad SMARTS) is 1. The fourth-order valence-corrected chi connectivity index (χ4v) is 6.72. The van der Waals surface area contributed by atoms with Crippen LogP contribution >= 0.6 is 0 Å². The van der Waals surface area contributed by atoms with Gasteiger partial charge in [-0.1, -0.05) is 127 Å². The summed E-state index contributed by atoms with van der Waals surface area (Å²) in [6, 6.07) is 38.3. The third-order valence-electron chi connectivity index (χ3n) is 9.90. The van der Waals surface area contributed by atoms with E-state index < -0.39 is 53.8 Å². The highest BCUT2D eigenvalue weighted by molar-refractivity contribution is 5.95. The molecule has 0 fully saturated rings. The number of hydrogen-bond donors (Lipinski definition) is 5. The molecule has 0 aromatic heterocycles. The van der Waals surface area contributed by atoms with Gasteiger partial charge in [0.2, 0.25) is 17.7 Å². The van der Waals surface area contributed by atoms with Gasteiger partial charge >= 0.3 is 5.97 Å². The Balaban J connectivity index is 1.32. The van der Waals surface area contributed by atoms with E-state index in [0.717, 1.165) is 27.8 Å². The van der Waals surface area contributed by atoms with E-state index >= 15 is 0 Å². The van der Waals surface area contributed by atoms with Gasteiger partial charge in [0.25, 0.3) is 5.91 Å². The molecule has 11 heteroatoms. The van der Waals surface area contributed by atoms with Crippen LogP contribution in [0.4, 0.5) is 0 Å². The maximum Gasteiger partial charge on any atom is 0.326 e. The van der Waals surface area contributed by atoms with E-state index in [-0.39, 0.29) is 32.3 Å². The predicted octanol–water partition coefficient (Wildman–Crippen LogP) is 4.82. The molecule has 292 valence electrons. The highest BCUT2D eigenvalue weighted by Crippen LogP contribution is 2.20. The summed E-state index contributed by atoms with van der Waals surface area (Å²) in [4.78, 5) is 68.2. The number of aryl methyl sites for hydroxylation is 2. The molecule has 0 saturated carbocycles. The Morgan fingerprint density at radius 3 is 1.61 bits per heavy atom. The van der Waals surface area contributed by atoms with Crippen molar-refractivity contribution >= 4 is 29.6 Å². The Morgan fingerprint density at radius 2 is 1.04 bits per heavy atom. The molecule has 2 aliphatic heterocycles. The Morgan fingerprint density at radius 1 is 0.544 bits per heavy atom. The van der Waals surface area contributed by atoms with Gasteiger partial charge in [-0.05, 0) is 71.2 Å². The average Bonchev–Trinajstić information content (AvgIpc) is 3.23. The van der Waals surface area contributed by atoms with Crippen LogP contribution in [0.5, 0.6) is 5.75 Å². The van der Waals surface area contributed by atoms with Crippen LogP contribution in [0.1, 0.15) is 35.1 Å². The van der Waals surface area contributed by atoms with Gasteiger partial charge in [-0.15, -0.1) is 0 Å². The van der Waals surface area contributed by atoms with E-state index in [2.05, 4.69) is 21.3 Å². The van der Waals surface area contributed by atoms with Gasteiger partial charge < -0.3 is 31.1 Å². The van der Waals surface area contributed by atoms with Crippen molar-refractivity contribution in [3.8, 4) is 16.9 Å². The first-order chi connectivity index (χ1) is 27.7. The summed E-state index contributed by atoms with van der Waals surface area (Å²) in [5.41, 5.74) is 5.23. The zero-order chi connectivity index (χ0) is 40.0. The normalized spacial score (nSPS) is 19.4. The predicted molar refractivity (Wildman–Crippen MR) is 216 cm³/mol. The van der Waals surface area contributed by atoms with Gasteiger partial charge in [0, 0.05) is 12.8 Å². The van der Waals surface area contributed by atoms with Crippen LogP contribution in [0.2, 0.25) is 0 Å². The molecule has 7 rings (SSSR count). The van der Waals surface area contributed by atoms with Gasteiger partial charge in [0.15, 0.2) is 6.61 Å². The van der Waals surface area contributed by atoms with Crippen LogP contribution in [-0.2, 0) is 49.7 Å². The summed E-state index contributed by atoms with van der Waals surface area (Å²) in [6.45, 7) is -0.386. The van der Waals surface area contributed by atoms with Crippen molar-refractivity contribution in [2.24, 2.45) is 0 Å². The van der Waals surface area contributed by atoms with Gasteiger partial charge in [0.05, 0.1) is 0 Å². The molecule has 57 heavy (non-hydrogen) atoms. The van der Waals surface area contributed by atoms with Crippen molar-refractivity contribution in [1.82, 2.24) is 21.3 Å². The molecule has 5 N–H and O–H groups in total. The summed E-state index contributed by atoms with van der Waals surface area (Å²) >= 11 is 0. The van der Waals surface area contributed by atoms with Crippen molar-refractivity contribution < 1.29 is 33.8 Å². The Labute approximate surface area is 331 Å². The average molecular weight is 767 g/mol. The number of fused-ring (bicyclic) bond motifs is 16. The van der Waals surface area contributed by atoms with E-state index in [1.807, 2.05) is 115 Å². The fourth-order valence-electron chi connectivity index (χ4n) is 6.72. The molecule has 5 aromatic rings. The van der Waals surface area contributed by atoms with Crippen molar-refractivity contribution in [3.63, 3.8) is 0 Å². The van der Waals surface area contributed by atoms with Crippen LogP contribution in [0.3, 0.4) is 0 Å². The number of hydrogen-bond acceptors (Lipinski definition) is 6. The summed E-state index contributed by atoms with van der Waals surface area (Å²) in [5, 5.41) is 21.3. The topological polar surface area (TPSA) is 163 Å². The second-order valence-electron chi connectivity index (χ2n) is 14.1. The van der Waals surface area contributed by atoms with Crippen LogP contribution in [0.25, 0.3) is 11.1 Å². The highest BCUT2D eigenvalue weighted by atomic mass is 16.5. The Hall–Kier alpha value is -6.75. The molecule has 2 bridgehead atoms. The number of carboxylic acids is 1. The molecule has 0 unspecified atom stereocenters. The van der Waals surface area contributed by atoms with E-state index in [4.69, 9.17) is 4.74 Å². The number of benzene rings is 5. The summed E-state index contributed by atoms with van der Waals surface area (Å²) in [7, 11) is 0. The minimum Gasteiger partial charge on any atom is -0.484 e. The molecular weight excluding hydrogens is 721 g/mol. The number of ether oxygens (including phenoxy) is 1. The molecule has 0 spiro atoms. The van der Waals surface area contributed by atoms with E-state index in [9.17, 15) is 29.1 Å². The van der Waals surface area contributed by atoms with Crippen molar-refractivity contribution in [3.05, 3.63) is 162 Å². The summed E-state index contributed by atoms with van der Waals surface area (Å²) in [5.74, 6) is -3.31. The van der Waals surface area contributed by atoms with Crippen LogP contribution < -0.4 is 26.0 Å². The molecule has 2 aliphatic rings. The lowest BCUT2D eigenvalue weighted by Crippen LogP contribution is -2.58. The van der Waals surface area contributed by atoms with Gasteiger partial charge in [-0.25, -0.2) is 4.79 Å². The maximum atomic E-state index is 14.4. The third kappa shape index (κ3) is 11.9. The number of nitrogens with one attached hydrogen (secondary N) is 4. The van der Waals surface area contributed by atoms with Gasteiger partial charge in [-0.3, -0.25) is 19.2 Å². The van der Waals surface area contributed by atoms with E-state index in [1.54, 1.807) is 24.3 Å². The van der Waals surface area contributed by atoms with Crippen molar-refractivity contribution in [2.75, 3.05) is 6.61 Å². The molecule has 0 aliphatic carbocycles. The van der Waals surface area contributed by atoms with Crippen LogP contribution in [0.15, 0.2) is 140 Å². The lowest BCUT2D eigenvalue weighted by Gasteiger charge is -2.26. The Kier molecular flexibility index (Phi) is 13.8. The third-order valence-corrected chi connectivity index (χ3v) is 9.90. The summed E-state index contributed by atoms with van der Waals surface area (Å²) < 4.78 is 5.72. The zero-order valence-electron chi connectivity index (χ0n) is 31.4. The Bertz CT molecular complexity index is 2110. The highest BCUT2D eigenvalue weighted by Gasteiger charge is 2.32. The fraction of sp³-hybridized carbons (Fsp3) is 0.239. The molecule has 2 heterocycles. The zero-order valence-corrected chi connectivity index (χ0v) is 31.4. The molecule has 11 nitrogen and oxygen atoms in total. The maximum absolute atomic E-state index is 14.4. The van der Waals surface area contributed by atoms with Crippen molar-refractivity contribution in [2.45, 2.75) is 62.7 Å². The minimum atomic E-state index is -1.31. The first-order valence-corrected chi connectivity index (χ1v) is 19.1. The first kappa shape index (κ1) is 39.9. The number of carbonyl (C=O) groups excluding carboxylic acids is 4. The lowest BCUT2D eigenvalue weighted by molar-refractivity contribution is -0.142. The molecule has 0 saturated heterocycles. The summed E-state index contributed by atoms with van der Waals surface area (Å²) in [6.07, 6.45) is 1.28. The van der Waals surface area contributed by atoms with E-state index in [1.165, 1.54) is 0 Å². The number of rotatable bonds is 10. The molecule has 4 amide bonds. The molecule has 5 aromatic carbocycles. The number of amides is 4. The smallest absolute Gasteiger partial charge is 0.326 e. The lowest BCUT2D eigenvalue weighted by atomic mass is 9.98. The van der Waals surface area contributed by atoms with Crippen molar-refractivity contribution in [1.29, 1.82) is 0 Å². The quantitative estimate of drug-likeness (QED) is 0.127. The van der Waals surface area contributed by atoms with Gasteiger partial charge in [-0.2, -0.15) is 0 Å². The van der Waals surface area contributed by atoms with Crippen LogP contribution in [-0.4, -0.2) is 65.5 Å². The number of aliphatic carboxylic acids is 1. The standard InChI is InChI=1S/C46H46N4O7/c51-42-30-57-37-24-18-34(19-25-37)29-41(46(55)56)50-44(53)39(27-21-32-12-6-2-7-13-32)48-45(54)40(28-33-16-22-36(23-17-33)35-14-8-3-9-15-35)49-43(52)38(47-42)26-20-31-10-4-1-5-11-31/h1-19,22-25,38-41H,20-21,26-30H2,(H,47,51)(H,48,54)(H,49,52)(H,50,53)(H,55,56)/t38-,39-,40+,41-/m0/s1. The van der Waals surface area contributed by atoms with Gasteiger partial charge in [0.1, 0.15) is 29.9 Å². The molecular formula is C46H46N4O7. The first-order valence-electron chi connectivity index (χ1n) is 19.1. The largest absolute Gasteiger partial charge is 0.484 e. The van der Waals surface area contributed by atoms with E-state index in [0.29, 0.717) is 24.2 Å². The van der Waals surface area contributed by atoms with Crippen LogP contribution in [0, 0.1) is 0 Å². The molecule has 4 atom stereocenters. The second-order valence-corrected chi connectivity index (χ2v) is 14.1. The SMILES string of the molecule is O=C1COc2ccc(cc2)C[C@@H](C(=O)O)NC(=O)[C@H](CCc2ccccc2)NC(=O)[C@@H](Cc2ccc(-c3ccccc3)cc2)NC(=O)[C@H](CCc2ccccc2)N1. The minimum absolute atomic E-state index is 0.0397. The monoisotopic (exact) mass is 766 g/mol. The number of carbonyl (C=O) groups is 5. The molecule has 0 radical (unpaired) electrons. The second kappa shape index (κ2) is 19.7.